The summed E-state index contributed by atoms with van der Waals surface area (Å²) in [6, 6.07) is 0. The van der Waals surface area contributed by atoms with E-state index in [1.54, 1.807) is 17.1 Å². The van der Waals surface area contributed by atoms with Gasteiger partial charge in [0.25, 0.3) is 0 Å². The molecule has 0 aliphatic carbocycles. The molecular weight excluding hydrogens is 204 g/mol. The predicted octanol–water partition coefficient (Wildman–Crippen LogP) is 0.868. The van der Waals surface area contributed by atoms with Crippen molar-refractivity contribution in [3.8, 4) is 0 Å². The van der Waals surface area contributed by atoms with Gasteiger partial charge in [0.15, 0.2) is 0 Å². The first-order chi connectivity index (χ1) is 7.75. The highest BCUT2D eigenvalue weighted by molar-refractivity contribution is 5.76. The van der Waals surface area contributed by atoms with E-state index in [-0.39, 0.29) is 5.91 Å². The molecule has 0 unspecified atom stereocenters. The van der Waals surface area contributed by atoms with Crippen LogP contribution in [0, 0.1) is 0 Å². The second-order valence-electron chi connectivity index (χ2n) is 4.23. The van der Waals surface area contributed by atoms with Gasteiger partial charge in [-0.1, -0.05) is 6.42 Å². The van der Waals surface area contributed by atoms with Gasteiger partial charge < -0.3 is 10.6 Å². The maximum absolute atomic E-state index is 11.7. The molecule has 16 heavy (non-hydrogen) atoms. The van der Waals surface area contributed by atoms with E-state index in [0.29, 0.717) is 12.1 Å². The van der Waals surface area contributed by atoms with Gasteiger partial charge in [0.1, 0.15) is 0 Å². The summed E-state index contributed by atoms with van der Waals surface area (Å²) in [6.45, 7) is 2.35. The molecule has 1 aromatic rings. The summed E-state index contributed by atoms with van der Waals surface area (Å²) in [7, 11) is 0. The van der Waals surface area contributed by atoms with Crippen molar-refractivity contribution in [1.29, 1.82) is 0 Å². The van der Waals surface area contributed by atoms with Gasteiger partial charge in [0.05, 0.1) is 18.4 Å². The molecule has 0 spiro atoms. The number of rotatable bonds is 3. The van der Waals surface area contributed by atoms with Gasteiger partial charge in [0.2, 0.25) is 5.91 Å². The monoisotopic (exact) mass is 222 g/mol. The maximum atomic E-state index is 11.7. The van der Waals surface area contributed by atoms with Crippen LogP contribution in [0.5, 0.6) is 0 Å². The number of nitrogens with two attached hydrogens (primary N) is 1. The summed E-state index contributed by atoms with van der Waals surface area (Å²) >= 11 is 0. The summed E-state index contributed by atoms with van der Waals surface area (Å²) in [6.07, 6.45) is 7.43. The summed E-state index contributed by atoms with van der Waals surface area (Å²) in [5, 5.41) is 4.10. The normalized spacial score (nSPS) is 17.5. The molecule has 1 aromatic heterocycles. The zero-order chi connectivity index (χ0) is 11.4. The highest BCUT2D eigenvalue weighted by atomic mass is 16.2. The van der Waals surface area contributed by atoms with Crippen molar-refractivity contribution < 1.29 is 4.79 Å². The second kappa shape index (κ2) is 5.01. The lowest BCUT2D eigenvalue weighted by Gasteiger charge is -2.20. The lowest BCUT2D eigenvalue weighted by Crippen LogP contribution is -2.33. The minimum atomic E-state index is 0.276. The van der Waals surface area contributed by atoms with Gasteiger partial charge >= 0.3 is 0 Å². The fraction of sp³-hybridized carbons (Fsp3) is 0.636. The lowest BCUT2D eigenvalue weighted by atomic mass is 10.2. The number of anilines is 1. The van der Waals surface area contributed by atoms with Gasteiger partial charge in [-0.3, -0.25) is 9.48 Å². The van der Waals surface area contributed by atoms with Gasteiger partial charge in [-0.2, -0.15) is 5.10 Å². The first-order valence-electron chi connectivity index (χ1n) is 5.81. The molecule has 1 fully saturated rings. The quantitative estimate of drug-likeness (QED) is 0.825. The fourth-order valence-electron chi connectivity index (χ4n) is 2.00. The van der Waals surface area contributed by atoms with Crippen LogP contribution in [0.2, 0.25) is 0 Å². The molecule has 1 saturated heterocycles. The average Bonchev–Trinajstić information content (AvgIpc) is 2.56. The van der Waals surface area contributed by atoms with Crippen molar-refractivity contribution in [1.82, 2.24) is 14.7 Å². The minimum Gasteiger partial charge on any atom is -0.396 e. The third-order valence-corrected chi connectivity index (χ3v) is 2.92. The molecule has 5 heteroatoms. The summed E-state index contributed by atoms with van der Waals surface area (Å²) < 4.78 is 1.79. The third kappa shape index (κ3) is 2.74. The van der Waals surface area contributed by atoms with Crippen LogP contribution >= 0.6 is 0 Å². The van der Waals surface area contributed by atoms with E-state index in [4.69, 9.17) is 5.73 Å². The zero-order valence-corrected chi connectivity index (χ0v) is 9.43. The van der Waals surface area contributed by atoms with Gasteiger partial charge in [0, 0.05) is 25.7 Å². The van der Waals surface area contributed by atoms with Gasteiger partial charge in [-0.15, -0.1) is 0 Å². The predicted molar refractivity (Wildman–Crippen MR) is 61.7 cm³/mol. The van der Waals surface area contributed by atoms with Gasteiger partial charge in [-0.25, -0.2) is 0 Å². The van der Waals surface area contributed by atoms with E-state index in [2.05, 4.69) is 5.10 Å². The smallest absolute Gasteiger partial charge is 0.222 e. The number of carbonyl (C=O) groups is 1. The molecule has 2 heterocycles. The molecule has 0 radical (unpaired) electrons. The van der Waals surface area contributed by atoms with E-state index in [1.807, 2.05) is 4.90 Å². The Labute approximate surface area is 95.2 Å². The fourth-order valence-corrected chi connectivity index (χ4v) is 2.00. The summed E-state index contributed by atoms with van der Waals surface area (Å²) in [5.41, 5.74) is 6.24. The standard InChI is InChI=1S/C11H18N4O/c12-10-8-13-15(9-10)7-6-14-5-3-1-2-4-11(14)16/h8-9H,1-7,12H2. The first-order valence-corrected chi connectivity index (χ1v) is 5.81. The van der Waals surface area contributed by atoms with E-state index in [9.17, 15) is 4.79 Å². The Balaban J connectivity index is 1.86. The second-order valence-corrected chi connectivity index (χ2v) is 4.23. The van der Waals surface area contributed by atoms with Crippen molar-refractivity contribution >= 4 is 11.6 Å². The Morgan fingerprint density at radius 2 is 2.19 bits per heavy atom. The SMILES string of the molecule is Nc1cnn(CCN2CCCCCC2=O)c1. The van der Waals surface area contributed by atoms with Crippen molar-refractivity contribution in [2.24, 2.45) is 0 Å². The molecule has 1 amide bonds. The Morgan fingerprint density at radius 3 is 2.94 bits per heavy atom. The van der Waals surface area contributed by atoms with Crippen LogP contribution in [0.25, 0.3) is 0 Å². The van der Waals surface area contributed by atoms with E-state index in [1.165, 1.54) is 0 Å². The number of amides is 1. The van der Waals surface area contributed by atoms with Crippen molar-refractivity contribution in [3.63, 3.8) is 0 Å². The van der Waals surface area contributed by atoms with Crippen LogP contribution in [-0.4, -0.2) is 33.7 Å². The number of hydrogen-bond acceptors (Lipinski definition) is 3. The highest BCUT2D eigenvalue weighted by Gasteiger charge is 2.15. The molecule has 5 nitrogen and oxygen atoms in total. The number of nitrogens with zero attached hydrogens (tertiary/aromatic N) is 3. The van der Waals surface area contributed by atoms with E-state index >= 15 is 0 Å². The first kappa shape index (κ1) is 11.0. The highest BCUT2D eigenvalue weighted by Crippen LogP contribution is 2.11. The zero-order valence-electron chi connectivity index (χ0n) is 9.43. The molecule has 0 bridgehead atoms. The van der Waals surface area contributed by atoms with Crippen LogP contribution in [0.15, 0.2) is 12.4 Å². The van der Waals surface area contributed by atoms with Crippen LogP contribution in [0.4, 0.5) is 5.69 Å². The largest absolute Gasteiger partial charge is 0.396 e. The van der Waals surface area contributed by atoms with Crippen LogP contribution in [-0.2, 0) is 11.3 Å². The topological polar surface area (TPSA) is 64.2 Å². The van der Waals surface area contributed by atoms with Crippen LogP contribution in [0.1, 0.15) is 25.7 Å². The maximum Gasteiger partial charge on any atom is 0.222 e. The van der Waals surface area contributed by atoms with Crippen LogP contribution in [0.3, 0.4) is 0 Å². The van der Waals surface area contributed by atoms with E-state index in [0.717, 1.165) is 38.9 Å². The molecule has 0 saturated carbocycles. The molecule has 2 N–H and O–H groups in total. The Bertz CT molecular complexity index is 361. The minimum absolute atomic E-state index is 0.276. The Hall–Kier alpha value is -1.52. The summed E-state index contributed by atoms with van der Waals surface area (Å²) in [4.78, 5) is 13.6. The number of aromatic nitrogens is 2. The van der Waals surface area contributed by atoms with Crippen molar-refractivity contribution in [2.75, 3.05) is 18.8 Å². The van der Waals surface area contributed by atoms with Crippen molar-refractivity contribution in [3.05, 3.63) is 12.4 Å². The third-order valence-electron chi connectivity index (χ3n) is 2.92. The lowest BCUT2D eigenvalue weighted by molar-refractivity contribution is -0.130. The number of likely N-dealkylation sites (tertiary alicyclic amines) is 1. The number of hydrogen-bond donors (Lipinski definition) is 1. The van der Waals surface area contributed by atoms with Crippen molar-refractivity contribution in [2.45, 2.75) is 32.2 Å². The Kier molecular flexibility index (Phi) is 3.44. The van der Waals surface area contributed by atoms with Crippen LogP contribution < -0.4 is 5.73 Å². The molecule has 1 aliphatic heterocycles. The average molecular weight is 222 g/mol. The molecule has 1 aliphatic rings. The van der Waals surface area contributed by atoms with E-state index < -0.39 is 0 Å². The molecule has 0 aromatic carbocycles. The Morgan fingerprint density at radius 1 is 1.31 bits per heavy atom. The molecule has 88 valence electrons. The molecular formula is C11H18N4O. The summed E-state index contributed by atoms with van der Waals surface area (Å²) in [5.74, 6) is 0.276. The number of carbonyl (C=O) groups excluding carboxylic acids is 1. The number of nitrogen functional groups attached to an aromatic ring is 1. The molecule has 0 atom stereocenters. The van der Waals surface area contributed by atoms with Gasteiger partial charge in [-0.05, 0) is 12.8 Å². The molecule has 2 rings (SSSR count).